The molecule has 0 spiro atoms. The monoisotopic (exact) mass is 423 g/mol. The van der Waals surface area contributed by atoms with Crippen molar-refractivity contribution in [3.05, 3.63) is 78.4 Å². The third-order valence-electron chi connectivity index (χ3n) is 4.27. The van der Waals surface area contributed by atoms with Crippen molar-refractivity contribution in [2.45, 2.75) is 6.10 Å². The summed E-state index contributed by atoms with van der Waals surface area (Å²) in [7, 11) is 0. The largest absolute Gasteiger partial charge is 0.491 e. The van der Waals surface area contributed by atoms with Gasteiger partial charge < -0.3 is 30.8 Å². The number of hydrogen-bond acceptors (Lipinski definition) is 6. The lowest BCUT2D eigenvalue weighted by Crippen LogP contribution is -2.38. The van der Waals surface area contributed by atoms with Crippen molar-refractivity contribution in [2.75, 3.05) is 31.6 Å². The van der Waals surface area contributed by atoms with Crippen LogP contribution in [0.1, 0.15) is 16.2 Å². The smallest absolute Gasteiger partial charge is 0.319 e. The Morgan fingerprint density at radius 3 is 2.55 bits per heavy atom. The number of H-pyrrole nitrogens is 1. The highest BCUT2D eigenvalue weighted by molar-refractivity contribution is 6.06. The molecule has 0 saturated carbocycles. The van der Waals surface area contributed by atoms with Gasteiger partial charge in [0.15, 0.2) is 5.82 Å². The van der Waals surface area contributed by atoms with Crippen LogP contribution in [0.5, 0.6) is 5.75 Å². The average molecular weight is 423 g/mol. The average Bonchev–Trinajstić information content (AvgIpc) is 3.33. The Labute approximate surface area is 179 Å². The second-order valence-corrected chi connectivity index (χ2v) is 6.71. The minimum atomic E-state index is -0.720. The zero-order chi connectivity index (χ0) is 21.9. The number of aliphatic hydroxyl groups excluding tert-OH is 1. The highest BCUT2D eigenvalue weighted by Gasteiger charge is 2.11. The molecule has 2 amide bonds. The van der Waals surface area contributed by atoms with Gasteiger partial charge in [0.1, 0.15) is 18.5 Å². The fourth-order valence-electron chi connectivity index (χ4n) is 2.71. The third-order valence-corrected chi connectivity index (χ3v) is 4.27. The molecule has 9 nitrogen and oxygen atoms in total. The summed E-state index contributed by atoms with van der Waals surface area (Å²) in [5.74, 6) is 0.628. The van der Waals surface area contributed by atoms with Crippen LogP contribution in [0.25, 0.3) is 0 Å². The van der Waals surface area contributed by atoms with Gasteiger partial charge in [-0.3, -0.25) is 4.79 Å². The molecule has 3 rings (SSSR count). The topological polar surface area (TPSA) is 128 Å². The summed E-state index contributed by atoms with van der Waals surface area (Å²) in [6.07, 6.45) is 2.40. The molecule has 0 saturated heterocycles. The predicted molar refractivity (Wildman–Crippen MR) is 116 cm³/mol. The lowest BCUT2D eigenvalue weighted by Gasteiger charge is -2.14. The second-order valence-electron chi connectivity index (χ2n) is 6.71. The van der Waals surface area contributed by atoms with E-state index in [9.17, 15) is 14.7 Å². The zero-order valence-electron chi connectivity index (χ0n) is 16.9. The van der Waals surface area contributed by atoms with Gasteiger partial charge in [-0.05, 0) is 36.4 Å². The molecule has 5 N–H and O–H groups in total. The number of benzene rings is 2. The van der Waals surface area contributed by atoms with E-state index in [-0.39, 0.29) is 24.2 Å². The molecule has 0 bridgehead atoms. The van der Waals surface area contributed by atoms with Crippen LogP contribution in [-0.2, 0) is 0 Å². The number of aromatic nitrogens is 2. The number of imidazole rings is 1. The van der Waals surface area contributed by atoms with Crippen LogP contribution in [0.3, 0.4) is 0 Å². The molecule has 3 aromatic rings. The number of hydrogen-bond donors (Lipinski definition) is 5. The maximum absolute atomic E-state index is 12.2. The van der Waals surface area contributed by atoms with E-state index in [0.29, 0.717) is 30.9 Å². The minimum Gasteiger partial charge on any atom is -0.491 e. The Morgan fingerprint density at radius 1 is 1.06 bits per heavy atom. The summed E-state index contributed by atoms with van der Waals surface area (Å²) < 4.78 is 5.55. The van der Waals surface area contributed by atoms with E-state index in [1.54, 1.807) is 42.6 Å². The molecule has 9 heteroatoms. The minimum absolute atomic E-state index is 0.0976. The maximum atomic E-state index is 12.2. The van der Waals surface area contributed by atoms with Crippen LogP contribution in [0.2, 0.25) is 0 Å². The van der Waals surface area contributed by atoms with Crippen molar-refractivity contribution in [1.82, 2.24) is 20.6 Å². The number of amides is 2. The molecule has 1 atom stereocenters. The number of anilines is 1. The Hall–Kier alpha value is -3.69. The molecule has 1 aromatic heterocycles. The lowest BCUT2D eigenvalue weighted by molar-refractivity contribution is 0.102. The van der Waals surface area contributed by atoms with E-state index in [4.69, 9.17) is 4.74 Å². The molecular formula is C22H25N5O4. The third kappa shape index (κ3) is 7.25. The number of aromatic amines is 1. The molecule has 0 radical (unpaired) electrons. The van der Waals surface area contributed by atoms with Gasteiger partial charge in [-0.15, -0.1) is 0 Å². The van der Waals surface area contributed by atoms with Crippen LogP contribution in [0.15, 0.2) is 67.0 Å². The summed E-state index contributed by atoms with van der Waals surface area (Å²) in [6.45, 7) is 1.33. The van der Waals surface area contributed by atoms with Gasteiger partial charge in [0, 0.05) is 43.3 Å². The van der Waals surface area contributed by atoms with Gasteiger partial charge in [-0.1, -0.05) is 18.2 Å². The lowest BCUT2D eigenvalue weighted by atomic mass is 10.1. The summed E-state index contributed by atoms with van der Waals surface area (Å²) in [4.78, 5) is 30.7. The van der Waals surface area contributed by atoms with E-state index >= 15 is 0 Å². The number of urea groups is 1. The van der Waals surface area contributed by atoms with E-state index in [1.165, 1.54) is 6.20 Å². The molecule has 1 unspecified atom stereocenters. The van der Waals surface area contributed by atoms with Crippen molar-refractivity contribution < 1.29 is 19.4 Å². The number of para-hydroxylation sites is 1. The molecule has 31 heavy (non-hydrogen) atoms. The van der Waals surface area contributed by atoms with Gasteiger partial charge in [-0.2, -0.15) is 0 Å². The predicted octanol–water partition coefficient (Wildman–Crippen LogP) is 1.79. The molecule has 1 heterocycles. The number of ketones is 1. The number of carbonyl (C=O) groups excluding carboxylic acids is 2. The van der Waals surface area contributed by atoms with Crippen molar-refractivity contribution >= 4 is 17.5 Å². The fourth-order valence-corrected chi connectivity index (χ4v) is 2.71. The number of ether oxygens (including phenoxy) is 1. The number of carbonyl (C=O) groups is 2. The molecule has 0 aliphatic rings. The fraction of sp³-hybridized carbons (Fsp3) is 0.227. The van der Waals surface area contributed by atoms with Gasteiger partial charge in [0.25, 0.3) is 0 Å². The standard InChI is InChI=1S/C22H25N5O4/c28-18(14-23-10-11-26-22(30)27-17-4-2-1-3-5-17)15-31-19-8-6-16(7-9-19)20(29)21-24-12-13-25-21/h1-9,12-13,18,23,28H,10-11,14-15H2,(H,24,25)(H2,26,27,30). The SMILES string of the molecule is O=C(NCCNCC(O)COc1ccc(C(=O)c2ncc[nH]2)cc1)Nc1ccccc1. The van der Waals surface area contributed by atoms with Crippen molar-refractivity contribution in [3.8, 4) is 5.75 Å². The number of aliphatic hydroxyl groups is 1. The number of nitrogens with one attached hydrogen (secondary N) is 4. The zero-order valence-corrected chi connectivity index (χ0v) is 16.9. The number of nitrogens with zero attached hydrogens (tertiary/aromatic N) is 1. The summed E-state index contributed by atoms with van der Waals surface area (Å²) in [5.41, 5.74) is 1.22. The molecule has 0 aliphatic heterocycles. The molecule has 0 fully saturated rings. The van der Waals surface area contributed by atoms with Gasteiger partial charge >= 0.3 is 6.03 Å². The van der Waals surface area contributed by atoms with Crippen LogP contribution < -0.4 is 20.7 Å². The van der Waals surface area contributed by atoms with E-state index < -0.39 is 6.10 Å². The first-order valence-electron chi connectivity index (χ1n) is 9.87. The first-order chi connectivity index (χ1) is 15.1. The van der Waals surface area contributed by atoms with Crippen LogP contribution >= 0.6 is 0 Å². The van der Waals surface area contributed by atoms with Gasteiger partial charge in [0.05, 0.1) is 0 Å². The Bertz CT molecular complexity index is 946. The normalized spacial score (nSPS) is 11.5. The Morgan fingerprint density at radius 2 is 1.84 bits per heavy atom. The summed E-state index contributed by atoms with van der Waals surface area (Å²) in [6, 6.07) is 15.5. The van der Waals surface area contributed by atoms with Crippen LogP contribution in [-0.4, -0.2) is 59.2 Å². The highest BCUT2D eigenvalue weighted by atomic mass is 16.5. The van der Waals surface area contributed by atoms with E-state index in [0.717, 1.165) is 5.69 Å². The highest BCUT2D eigenvalue weighted by Crippen LogP contribution is 2.14. The molecular weight excluding hydrogens is 398 g/mol. The quantitative estimate of drug-likeness (QED) is 0.236. The molecule has 0 aliphatic carbocycles. The van der Waals surface area contributed by atoms with Crippen LogP contribution in [0.4, 0.5) is 10.5 Å². The Balaban J connectivity index is 1.28. The van der Waals surface area contributed by atoms with Gasteiger partial charge in [-0.25, -0.2) is 9.78 Å². The van der Waals surface area contributed by atoms with E-state index in [1.807, 2.05) is 18.2 Å². The van der Waals surface area contributed by atoms with Crippen LogP contribution in [0, 0.1) is 0 Å². The number of rotatable bonds is 11. The van der Waals surface area contributed by atoms with Crippen molar-refractivity contribution in [2.24, 2.45) is 0 Å². The van der Waals surface area contributed by atoms with Crippen molar-refractivity contribution in [1.29, 1.82) is 0 Å². The first kappa shape index (κ1) is 22.0. The maximum Gasteiger partial charge on any atom is 0.319 e. The summed E-state index contributed by atoms with van der Waals surface area (Å²) in [5, 5.41) is 18.5. The Kier molecular flexibility index (Phi) is 8.15. The first-order valence-corrected chi connectivity index (χ1v) is 9.87. The van der Waals surface area contributed by atoms with Gasteiger partial charge in [0.2, 0.25) is 5.78 Å². The summed E-state index contributed by atoms with van der Waals surface area (Å²) >= 11 is 0. The molecule has 2 aromatic carbocycles. The van der Waals surface area contributed by atoms with Crippen molar-refractivity contribution in [3.63, 3.8) is 0 Å². The van der Waals surface area contributed by atoms with E-state index in [2.05, 4.69) is 25.9 Å². The second kappa shape index (κ2) is 11.5. The molecule has 162 valence electrons.